The summed E-state index contributed by atoms with van der Waals surface area (Å²) in [4.78, 5) is 12.2. The van der Waals surface area contributed by atoms with Crippen LogP contribution in [0.5, 0.6) is 5.75 Å². The number of alkyl halides is 3. The number of anilines is 2. The molecule has 29 heavy (non-hydrogen) atoms. The molecule has 11 heteroatoms. The van der Waals surface area contributed by atoms with Crippen molar-refractivity contribution >= 4 is 17.5 Å². The molecule has 0 unspecified atom stereocenters. The van der Waals surface area contributed by atoms with Crippen molar-refractivity contribution in [1.29, 1.82) is 0 Å². The monoisotopic (exact) mass is 411 g/mol. The third-order valence-electron chi connectivity index (χ3n) is 3.61. The van der Waals surface area contributed by atoms with Gasteiger partial charge < -0.3 is 23.7 Å². The number of halogens is 3. The maximum absolute atomic E-state index is 12.6. The fourth-order valence-corrected chi connectivity index (χ4v) is 2.34. The van der Waals surface area contributed by atoms with Gasteiger partial charge in [-0.1, -0.05) is 5.16 Å². The molecule has 8 nitrogen and oxygen atoms in total. The van der Waals surface area contributed by atoms with Crippen LogP contribution < -0.4 is 15.4 Å². The number of carbonyl (C=O) groups is 1. The molecule has 0 spiro atoms. The molecular weight excluding hydrogens is 395 g/mol. The Kier molecular flexibility index (Phi) is 6.07. The first-order chi connectivity index (χ1) is 13.9. The average molecular weight is 411 g/mol. The van der Waals surface area contributed by atoms with E-state index in [1.54, 1.807) is 37.4 Å². The number of ether oxygens (including phenoxy) is 2. The van der Waals surface area contributed by atoms with Gasteiger partial charge in [-0.15, -0.1) is 0 Å². The van der Waals surface area contributed by atoms with Crippen molar-refractivity contribution < 1.29 is 36.4 Å². The number of carbonyl (C=O) groups excluding carboxylic acids is 1. The number of urea groups is 1. The van der Waals surface area contributed by atoms with Crippen LogP contribution in [0, 0.1) is 0 Å². The van der Waals surface area contributed by atoms with E-state index in [1.807, 2.05) is 0 Å². The molecule has 2 amide bonds. The summed E-state index contributed by atoms with van der Waals surface area (Å²) in [6.07, 6.45) is -3.24. The number of hydrogen-bond acceptors (Lipinski definition) is 6. The molecule has 0 fully saturated rings. The highest BCUT2D eigenvalue weighted by molar-refractivity contribution is 6.01. The van der Waals surface area contributed by atoms with Gasteiger partial charge in [0.05, 0.1) is 18.6 Å². The lowest BCUT2D eigenvalue weighted by Gasteiger charge is -2.12. The predicted molar refractivity (Wildman–Crippen MR) is 95.7 cm³/mol. The second-order valence-electron chi connectivity index (χ2n) is 5.68. The highest BCUT2D eigenvalue weighted by Crippen LogP contribution is 2.33. The molecule has 0 bridgehead atoms. The molecule has 1 aromatic carbocycles. The molecule has 0 saturated carbocycles. The van der Waals surface area contributed by atoms with E-state index in [9.17, 15) is 18.0 Å². The quantitative estimate of drug-likeness (QED) is 0.551. The second-order valence-corrected chi connectivity index (χ2v) is 5.68. The number of aromatic nitrogens is 1. The Bertz CT molecular complexity index is 954. The molecular formula is C18H16F3N3O5. The van der Waals surface area contributed by atoms with Crippen molar-refractivity contribution in [2.45, 2.75) is 6.18 Å². The lowest BCUT2D eigenvalue weighted by atomic mass is 10.1. The van der Waals surface area contributed by atoms with E-state index >= 15 is 0 Å². The summed E-state index contributed by atoms with van der Waals surface area (Å²) in [5.74, 6) is -0.723. The maximum Gasteiger partial charge on any atom is 0.452 e. The van der Waals surface area contributed by atoms with Crippen LogP contribution in [0.25, 0.3) is 11.3 Å². The zero-order chi connectivity index (χ0) is 20.9. The molecule has 0 atom stereocenters. The van der Waals surface area contributed by atoms with Crippen LogP contribution >= 0.6 is 0 Å². The van der Waals surface area contributed by atoms with Gasteiger partial charge in [-0.25, -0.2) is 4.79 Å². The molecule has 0 radical (unpaired) electrons. The highest BCUT2D eigenvalue weighted by atomic mass is 19.4. The molecule has 0 aliphatic heterocycles. The van der Waals surface area contributed by atoms with Crippen molar-refractivity contribution in [3.63, 3.8) is 0 Å². The van der Waals surface area contributed by atoms with Crippen LogP contribution in [0.2, 0.25) is 0 Å². The summed E-state index contributed by atoms with van der Waals surface area (Å²) in [5.41, 5.74) is 0.854. The molecule has 3 rings (SSSR count). The highest BCUT2D eigenvalue weighted by Gasteiger charge is 2.36. The first-order valence-corrected chi connectivity index (χ1v) is 8.28. The number of nitrogens with one attached hydrogen (secondary N) is 2. The van der Waals surface area contributed by atoms with E-state index in [0.29, 0.717) is 42.0 Å². The Hall–Kier alpha value is -3.47. The van der Waals surface area contributed by atoms with Crippen molar-refractivity contribution in [1.82, 2.24) is 5.16 Å². The van der Waals surface area contributed by atoms with Crippen molar-refractivity contribution in [3.8, 4) is 17.1 Å². The van der Waals surface area contributed by atoms with Gasteiger partial charge in [0.1, 0.15) is 18.1 Å². The zero-order valence-corrected chi connectivity index (χ0v) is 15.1. The van der Waals surface area contributed by atoms with Crippen molar-refractivity contribution in [2.75, 3.05) is 31.0 Å². The van der Waals surface area contributed by atoms with Gasteiger partial charge in [0.2, 0.25) is 5.76 Å². The number of benzene rings is 1. The summed E-state index contributed by atoms with van der Waals surface area (Å²) in [7, 11) is 1.55. The molecule has 0 saturated heterocycles. The van der Waals surface area contributed by atoms with Gasteiger partial charge in [-0.2, -0.15) is 13.2 Å². The first-order valence-electron chi connectivity index (χ1n) is 8.28. The van der Waals surface area contributed by atoms with Gasteiger partial charge in [0.15, 0.2) is 5.82 Å². The number of rotatable bonds is 7. The van der Waals surface area contributed by atoms with Crippen LogP contribution in [0.15, 0.2) is 51.6 Å². The van der Waals surface area contributed by atoms with Crippen LogP contribution in [-0.2, 0) is 10.9 Å². The van der Waals surface area contributed by atoms with Crippen molar-refractivity contribution in [3.05, 3.63) is 48.4 Å². The molecule has 0 aliphatic carbocycles. The van der Waals surface area contributed by atoms with E-state index in [0.717, 1.165) is 0 Å². The Morgan fingerprint density at radius 2 is 2.00 bits per heavy atom. The lowest BCUT2D eigenvalue weighted by molar-refractivity contribution is -0.155. The summed E-state index contributed by atoms with van der Waals surface area (Å²) >= 11 is 0. The Labute approximate surface area is 162 Å². The van der Waals surface area contributed by atoms with Gasteiger partial charge in [-0.3, -0.25) is 5.32 Å². The van der Waals surface area contributed by atoms with Gasteiger partial charge >= 0.3 is 12.2 Å². The van der Waals surface area contributed by atoms with Gasteiger partial charge in [0.25, 0.3) is 0 Å². The Morgan fingerprint density at radius 1 is 1.17 bits per heavy atom. The predicted octanol–water partition coefficient (Wildman–Crippen LogP) is 4.62. The third kappa shape index (κ3) is 5.29. The van der Waals surface area contributed by atoms with Crippen molar-refractivity contribution in [2.24, 2.45) is 0 Å². The SMILES string of the molecule is COCCOc1ccc(NC(=O)Nc2cc(C(F)(F)F)on2)c(-c2ccco2)c1. The number of furan rings is 1. The van der Waals surface area contributed by atoms with Crippen LogP contribution in [-0.4, -0.2) is 31.5 Å². The Morgan fingerprint density at radius 3 is 2.66 bits per heavy atom. The van der Waals surface area contributed by atoms with Crippen LogP contribution in [0.3, 0.4) is 0 Å². The lowest BCUT2D eigenvalue weighted by Crippen LogP contribution is -2.20. The topological polar surface area (TPSA) is 98.8 Å². The number of nitrogens with zero attached hydrogens (tertiary/aromatic N) is 1. The molecule has 3 aromatic rings. The van der Waals surface area contributed by atoms with E-state index in [4.69, 9.17) is 13.9 Å². The minimum Gasteiger partial charge on any atom is -0.491 e. The summed E-state index contributed by atoms with van der Waals surface area (Å²) in [5, 5.41) is 7.89. The van der Waals surface area contributed by atoms with Gasteiger partial charge in [0, 0.05) is 18.7 Å². The molecule has 154 valence electrons. The maximum atomic E-state index is 12.6. The third-order valence-corrected chi connectivity index (χ3v) is 3.61. The summed E-state index contributed by atoms with van der Waals surface area (Å²) in [6, 6.07) is 7.98. The largest absolute Gasteiger partial charge is 0.491 e. The van der Waals surface area contributed by atoms with Crippen LogP contribution in [0.4, 0.5) is 29.5 Å². The minimum atomic E-state index is -4.70. The Balaban J connectivity index is 1.75. The number of amides is 2. The van der Waals surface area contributed by atoms with Gasteiger partial charge in [-0.05, 0) is 30.3 Å². The zero-order valence-electron chi connectivity index (χ0n) is 15.1. The number of hydrogen-bond donors (Lipinski definition) is 2. The minimum absolute atomic E-state index is 0.328. The standard InChI is InChI=1S/C18H16F3N3O5/c1-26-7-8-27-11-4-5-13(12(9-11)14-3-2-6-28-14)22-17(25)23-16-10-15(29-24-16)18(19,20)21/h2-6,9-10H,7-8H2,1H3,(H2,22,23,24,25). The van der Waals surface area contributed by atoms with E-state index in [1.165, 1.54) is 6.26 Å². The summed E-state index contributed by atoms with van der Waals surface area (Å²) in [6.45, 7) is 0.727. The first kappa shape index (κ1) is 20.3. The summed E-state index contributed by atoms with van der Waals surface area (Å²) < 4.78 is 57.7. The van der Waals surface area contributed by atoms with E-state index in [-0.39, 0.29) is 5.82 Å². The van der Waals surface area contributed by atoms with Crippen LogP contribution in [0.1, 0.15) is 5.76 Å². The fourth-order valence-electron chi connectivity index (χ4n) is 2.34. The molecule has 2 aromatic heterocycles. The molecule has 2 N–H and O–H groups in total. The normalized spacial score (nSPS) is 11.3. The molecule has 2 heterocycles. The van der Waals surface area contributed by atoms with E-state index < -0.39 is 18.0 Å². The average Bonchev–Trinajstić information content (AvgIpc) is 3.34. The second kappa shape index (κ2) is 8.69. The number of methoxy groups -OCH3 is 1. The molecule has 0 aliphatic rings. The van der Waals surface area contributed by atoms with E-state index in [2.05, 4.69) is 20.3 Å². The fraction of sp³-hybridized carbons (Fsp3) is 0.222. The smallest absolute Gasteiger partial charge is 0.452 e.